The molecule has 2 atom stereocenters. The van der Waals surface area contributed by atoms with Crippen LogP contribution in [0.15, 0.2) is 12.4 Å². The average Bonchev–Trinajstić information content (AvgIpc) is 2.68. The summed E-state index contributed by atoms with van der Waals surface area (Å²) in [6.07, 6.45) is 10.3. The van der Waals surface area contributed by atoms with Crippen molar-refractivity contribution in [3.8, 4) is 0 Å². The molecule has 1 aromatic heterocycles. The predicted molar refractivity (Wildman–Crippen MR) is 82.0 cm³/mol. The molecule has 4 nitrogen and oxygen atoms in total. The summed E-state index contributed by atoms with van der Waals surface area (Å²) in [6, 6.07) is 0.668. The van der Waals surface area contributed by atoms with E-state index in [1.807, 2.05) is 12.4 Å². The lowest BCUT2D eigenvalue weighted by Gasteiger charge is -2.29. The van der Waals surface area contributed by atoms with Gasteiger partial charge in [0, 0.05) is 38.1 Å². The molecule has 2 aliphatic heterocycles. The first kappa shape index (κ1) is 13.8. The van der Waals surface area contributed by atoms with Gasteiger partial charge in [0.2, 0.25) is 5.95 Å². The molecule has 0 saturated carbocycles. The summed E-state index contributed by atoms with van der Waals surface area (Å²) >= 11 is 0. The van der Waals surface area contributed by atoms with Crippen LogP contribution < -0.4 is 4.90 Å². The highest BCUT2D eigenvalue weighted by atomic mass is 15.3. The Morgan fingerprint density at radius 2 is 1.95 bits per heavy atom. The van der Waals surface area contributed by atoms with E-state index in [2.05, 4.69) is 33.7 Å². The fourth-order valence-electron chi connectivity index (χ4n) is 3.62. The average molecular weight is 274 g/mol. The third-order valence-corrected chi connectivity index (χ3v) is 4.74. The molecule has 2 fully saturated rings. The van der Waals surface area contributed by atoms with Crippen molar-refractivity contribution >= 4 is 5.95 Å². The highest BCUT2D eigenvalue weighted by Crippen LogP contribution is 2.27. The minimum absolute atomic E-state index is 0.668. The molecular weight excluding hydrogens is 248 g/mol. The Morgan fingerprint density at radius 3 is 2.70 bits per heavy atom. The molecule has 2 bridgehead atoms. The van der Waals surface area contributed by atoms with E-state index in [9.17, 15) is 0 Å². The van der Waals surface area contributed by atoms with Crippen LogP contribution >= 0.6 is 0 Å². The molecule has 0 amide bonds. The predicted octanol–water partition coefficient (Wildman–Crippen LogP) is 2.35. The number of aromatic nitrogens is 2. The monoisotopic (exact) mass is 274 g/mol. The second kappa shape index (κ2) is 6.08. The van der Waals surface area contributed by atoms with Gasteiger partial charge in [0.1, 0.15) is 0 Å². The van der Waals surface area contributed by atoms with Gasteiger partial charge in [-0.25, -0.2) is 9.97 Å². The van der Waals surface area contributed by atoms with E-state index in [-0.39, 0.29) is 0 Å². The highest BCUT2D eigenvalue weighted by molar-refractivity contribution is 5.31. The van der Waals surface area contributed by atoms with Crippen LogP contribution in [0.2, 0.25) is 0 Å². The molecule has 2 saturated heterocycles. The summed E-state index contributed by atoms with van der Waals surface area (Å²) in [5, 5.41) is 0. The minimum Gasteiger partial charge on any atom is -0.339 e. The summed E-state index contributed by atoms with van der Waals surface area (Å²) in [7, 11) is 2.28. The lowest BCUT2D eigenvalue weighted by Crippen LogP contribution is -2.39. The molecule has 20 heavy (non-hydrogen) atoms. The van der Waals surface area contributed by atoms with Crippen LogP contribution in [0.5, 0.6) is 0 Å². The summed E-state index contributed by atoms with van der Waals surface area (Å²) in [5.74, 6) is 1.70. The topological polar surface area (TPSA) is 32.3 Å². The van der Waals surface area contributed by atoms with Gasteiger partial charge in [0.25, 0.3) is 0 Å². The molecule has 0 radical (unpaired) electrons. The first-order chi connectivity index (χ1) is 9.76. The summed E-state index contributed by atoms with van der Waals surface area (Å²) in [5.41, 5.74) is 1.25. The molecule has 3 rings (SSSR count). The van der Waals surface area contributed by atoms with Crippen molar-refractivity contribution in [3.05, 3.63) is 18.0 Å². The Labute approximate surface area is 122 Å². The third-order valence-electron chi connectivity index (χ3n) is 4.74. The Hall–Kier alpha value is -1.16. The largest absolute Gasteiger partial charge is 0.339 e. The molecule has 0 aromatic carbocycles. The Balaban J connectivity index is 1.76. The van der Waals surface area contributed by atoms with E-state index in [0.717, 1.165) is 37.8 Å². The molecule has 2 aliphatic rings. The van der Waals surface area contributed by atoms with E-state index in [0.29, 0.717) is 6.04 Å². The fraction of sp³-hybridized carbons (Fsp3) is 0.750. The van der Waals surface area contributed by atoms with Crippen LogP contribution in [0.1, 0.15) is 38.2 Å². The van der Waals surface area contributed by atoms with Gasteiger partial charge in [0.05, 0.1) is 0 Å². The van der Waals surface area contributed by atoms with Gasteiger partial charge < -0.3 is 9.80 Å². The number of hydrogen-bond acceptors (Lipinski definition) is 4. The normalized spacial score (nSPS) is 27.4. The Bertz CT molecular complexity index is 431. The van der Waals surface area contributed by atoms with Gasteiger partial charge in [-0.15, -0.1) is 0 Å². The number of nitrogens with zero attached hydrogens (tertiary/aromatic N) is 4. The molecule has 3 heterocycles. The van der Waals surface area contributed by atoms with Crippen LogP contribution in [0.4, 0.5) is 5.95 Å². The smallest absolute Gasteiger partial charge is 0.225 e. The third kappa shape index (κ3) is 2.95. The number of fused-ring (bicyclic) bond motifs is 3. The van der Waals surface area contributed by atoms with Crippen LogP contribution in [0.25, 0.3) is 0 Å². The van der Waals surface area contributed by atoms with Crippen LogP contribution in [-0.2, 0) is 6.42 Å². The Morgan fingerprint density at radius 1 is 1.15 bits per heavy atom. The van der Waals surface area contributed by atoms with E-state index in [1.54, 1.807) is 0 Å². The van der Waals surface area contributed by atoms with Crippen LogP contribution in [0.3, 0.4) is 0 Å². The van der Waals surface area contributed by atoms with Crippen molar-refractivity contribution in [1.29, 1.82) is 0 Å². The maximum absolute atomic E-state index is 4.61. The lowest BCUT2D eigenvalue weighted by atomic mass is 10.00. The first-order valence-corrected chi connectivity index (χ1v) is 8.02. The standard InChI is InChI=1S/C16H26N4/c1-3-5-13-8-17-16(18-9-13)20-11-14-6-4-7-15(12-20)19(2)10-14/h8-9,14-15H,3-7,10-12H2,1-2H3/t14-,15-/m0/s1. The molecule has 110 valence electrons. The first-order valence-electron chi connectivity index (χ1n) is 8.02. The quantitative estimate of drug-likeness (QED) is 0.847. The molecule has 0 spiro atoms. The maximum Gasteiger partial charge on any atom is 0.225 e. The lowest BCUT2D eigenvalue weighted by molar-refractivity contribution is 0.248. The van der Waals surface area contributed by atoms with Crippen molar-refractivity contribution in [2.45, 2.75) is 45.1 Å². The second-order valence-electron chi connectivity index (χ2n) is 6.44. The molecule has 0 unspecified atom stereocenters. The van der Waals surface area contributed by atoms with E-state index >= 15 is 0 Å². The molecule has 0 aliphatic carbocycles. The highest BCUT2D eigenvalue weighted by Gasteiger charge is 2.31. The van der Waals surface area contributed by atoms with Crippen LogP contribution in [0, 0.1) is 5.92 Å². The summed E-state index contributed by atoms with van der Waals surface area (Å²) < 4.78 is 0. The van der Waals surface area contributed by atoms with Crippen molar-refractivity contribution in [1.82, 2.24) is 14.9 Å². The van der Waals surface area contributed by atoms with Crippen molar-refractivity contribution in [2.75, 3.05) is 31.6 Å². The zero-order valence-corrected chi connectivity index (χ0v) is 12.8. The van der Waals surface area contributed by atoms with Crippen molar-refractivity contribution < 1.29 is 0 Å². The molecule has 1 aromatic rings. The van der Waals surface area contributed by atoms with Crippen LogP contribution in [-0.4, -0.2) is 47.6 Å². The summed E-state index contributed by atoms with van der Waals surface area (Å²) in [4.78, 5) is 14.2. The molecule has 4 heteroatoms. The van der Waals surface area contributed by atoms with Gasteiger partial charge in [-0.05, 0) is 37.8 Å². The van der Waals surface area contributed by atoms with E-state index < -0.39 is 0 Å². The molecule has 0 N–H and O–H groups in total. The minimum atomic E-state index is 0.668. The second-order valence-corrected chi connectivity index (χ2v) is 6.44. The van der Waals surface area contributed by atoms with Gasteiger partial charge in [-0.3, -0.25) is 0 Å². The van der Waals surface area contributed by atoms with Crippen molar-refractivity contribution in [2.24, 2.45) is 5.92 Å². The Kier molecular flexibility index (Phi) is 4.20. The van der Waals surface area contributed by atoms with E-state index in [1.165, 1.54) is 31.4 Å². The summed E-state index contributed by atoms with van der Waals surface area (Å²) in [6.45, 7) is 5.63. The molecular formula is C16H26N4. The number of aryl methyl sites for hydroxylation is 1. The number of likely N-dealkylation sites (N-methyl/N-ethyl adjacent to an activating group) is 1. The van der Waals surface area contributed by atoms with Gasteiger partial charge in [-0.2, -0.15) is 0 Å². The number of rotatable bonds is 3. The number of hydrogen-bond donors (Lipinski definition) is 0. The zero-order valence-electron chi connectivity index (χ0n) is 12.8. The van der Waals surface area contributed by atoms with Gasteiger partial charge in [0.15, 0.2) is 0 Å². The maximum atomic E-state index is 4.61. The van der Waals surface area contributed by atoms with Gasteiger partial charge >= 0.3 is 0 Å². The SMILES string of the molecule is CCCc1cnc(N2C[C@H]3CCC[C@@H](C2)N(C)C3)nc1. The van der Waals surface area contributed by atoms with Crippen molar-refractivity contribution in [3.63, 3.8) is 0 Å². The zero-order chi connectivity index (χ0) is 13.9. The van der Waals surface area contributed by atoms with Gasteiger partial charge in [-0.1, -0.05) is 19.8 Å². The fourth-order valence-corrected chi connectivity index (χ4v) is 3.62. The number of anilines is 1. The van der Waals surface area contributed by atoms with E-state index in [4.69, 9.17) is 0 Å².